The molecule has 2 aromatic rings. The molecule has 1 saturated carbocycles. The lowest BCUT2D eigenvalue weighted by molar-refractivity contribution is -0.141. The molecule has 0 aliphatic heterocycles. The van der Waals surface area contributed by atoms with Crippen LogP contribution in [0.4, 0.5) is 13.2 Å². The molecule has 0 spiro atoms. The second kappa shape index (κ2) is 10.1. The number of carbonyl (C=O) groups is 3. The van der Waals surface area contributed by atoms with E-state index in [-0.39, 0.29) is 18.0 Å². The van der Waals surface area contributed by atoms with Gasteiger partial charge in [-0.1, -0.05) is 19.3 Å². The zero-order chi connectivity index (χ0) is 23.3. The van der Waals surface area contributed by atoms with E-state index in [4.69, 9.17) is 4.74 Å². The van der Waals surface area contributed by atoms with Crippen molar-refractivity contribution in [3.8, 4) is 5.75 Å². The molecule has 3 rings (SSSR count). The minimum atomic E-state index is -4.56. The Morgan fingerprint density at radius 1 is 1.19 bits per heavy atom. The first-order valence-corrected chi connectivity index (χ1v) is 10.5. The third-order valence-corrected chi connectivity index (χ3v) is 5.64. The van der Waals surface area contributed by atoms with Crippen LogP contribution in [0.15, 0.2) is 24.4 Å². The second-order valence-electron chi connectivity index (χ2n) is 8.02. The predicted octanol–water partition coefficient (Wildman–Crippen LogP) is 3.45. The van der Waals surface area contributed by atoms with Gasteiger partial charge in [0.1, 0.15) is 12.3 Å². The number of halogens is 3. The lowest BCUT2D eigenvalue weighted by Crippen LogP contribution is -2.47. The van der Waals surface area contributed by atoms with E-state index in [0.29, 0.717) is 16.7 Å². The molecule has 0 saturated heterocycles. The van der Waals surface area contributed by atoms with Crippen LogP contribution < -0.4 is 10.1 Å². The fraction of sp³-hybridized carbons (Fsp3) is 0.500. The van der Waals surface area contributed by atoms with Crippen molar-refractivity contribution in [2.75, 3.05) is 26.7 Å². The lowest BCUT2D eigenvalue weighted by atomic mass is 9.89. The molecule has 32 heavy (non-hydrogen) atoms. The van der Waals surface area contributed by atoms with Crippen LogP contribution in [0.2, 0.25) is 0 Å². The summed E-state index contributed by atoms with van der Waals surface area (Å²) in [5, 5.41) is 2.29. The summed E-state index contributed by atoms with van der Waals surface area (Å²) in [6, 6.07) is 4.98. The first-order chi connectivity index (χ1) is 15.2. The van der Waals surface area contributed by atoms with Gasteiger partial charge in [0.05, 0.1) is 19.2 Å². The largest absolute Gasteiger partial charge is 0.497 e. The number of hydrogen-bond acceptors (Lipinski definition) is 4. The molecule has 1 aromatic heterocycles. The highest BCUT2D eigenvalue weighted by molar-refractivity contribution is 6.45. The molecular formula is C22H26F3N3O4. The number of carbonyl (C=O) groups excluding carboxylic acids is 3. The molecule has 1 aromatic carbocycles. The molecule has 1 aliphatic carbocycles. The average Bonchev–Trinajstić information content (AvgIpc) is 3.19. The van der Waals surface area contributed by atoms with Crippen molar-refractivity contribution in [3.63, 3.8) is 0 Å². The number of hydrogen-bond donors (Lipinski definition) is 2. The zero-order valence-electron chi connectivity index (χ0n) is 17.8. The predicted molar refractivity (Wildman–Crippen MR) is 111 cm³/mol. The second-order valence-corrected chi connectivity index (χ2v) is 8.02. The van der Waals surface area contributed by atoms with E-state index in [1.165, 1.54) is 13.3 Å². The monoisotopic (exact) mass is 453 g/mol. The average molecular weight is 453 g/mol. The first-order valence-electron chi connectivity index (χ1n) is 10.5. The number of rotatable bonds is 8. The molecule has 7 nitrogen and oxygen atoms in total. The summed E-state index contributed by atoms with van der Waals surface area (Å²) < 4.78 is 42.5. The van der Waals surface area contributed by atoms with Gasteiger partial charge in [0, 0.05) is 29.7 Å². The van der Waals surface area contributed by atoms with Crippen LogP contribution in [0, 0.1) is 5.92 Å². The van der Waals surface area contributed by atoms with Crippen molar-refractivity contribution in [2.24, 2.45) is 5.92 Å². The Morgan fingerprint density at radius 2 is 1.91 bits per heavy atom. The van der Waals surface area contributed by atoms with E-state index in [2.05, 4.69) is 4.98 Å². The minimum absolute atomic E-state index is 0.100. The lowest BCUT2D eigenvalue weighted by Gasteiger charge is -2.29. The first kappa shape index (κ1) is 23.6. The smallest absolute Gasteiger partial charge is 0.405 e. The van der Waals surface area contributed by atoms with E-state index in [1.807, 2.05) is 0 Å². The number of nitrogens with one attached hydrogen (secondary N) is 2. The van der Waals surface area contributed by atoms with Gasteiger partial charge < -0.3 is 19.9 Å². The minimum Gasteiger partial charge on any atom is -0.497 e. The molecule has 1 aliphatic rings. The van der Waals surface area contributed by atoms with Gasteiger partial charge >= 0.3 is 6.18 Å². The number of amides is 2. The van der Waals surface area contributed by atoms with Crippen LogP contribution in [0.3, 0.4) is 0 Å². The summed E-state index contributed by atoms with van der Waals surface area (Å²) in [6.45, 7) is -1.94. The van der Waals surface area contributed by atoms with Gasteiger partial charge in [0.25, 0.3) is 11.7 Å². The van der Waals surface area contributed by atoms with Crippen molar-refractivity contribution in [2.45, 2.75) is 38.3 Å². The molecular weight excluding hydrogens is 427 g/mol. The van der Waals surface area contributed by atoms with Crippen LogP contribution in [0.5, 0.6) is 5.75 Å². The molecule has 10 heteroatoms. The number of aromatic amines is 1. The highest BCUT2D eigenvalue weighted by atomic mass is 19.4. The third kappa shape index (κ3) is 6.02. The number of ketones is 1. The summed E-state index contributed by atoms with van der Waals surface area (Å²) in [7, 11) is 1.51. The molecule has 0 unspecified atom stereocenters. The maximum Gasteiger partial charge on any atom is 0.405 e. The van der Waals surface area contributed by atoms with Crippen LogP contribution in [0.25, 0.3) is 10.9 Å². The number of Topliss-reactive ketones (excluding diaryl/α,β-unsaturated/α-hetero) is 1. The Bertz CT molecular complexity index is 980. The van der Waals surface area contributed by atoms with Crippen LogP contribution >= 0.6 is 0 Å². The van der Waals surface area contributed by atoms with Crippen molar-refractivity contribution in [1.29, 1.82) is 0 Å². The summed E-state index contributed by atoms with van der Waals surface area (Å²) >= 11 is 0. The molecule has 2 N–H and O–H groups in total. The fourth-order valence-electron chi connectivity index (χ4n) is 4.01. The van der Waals surface area contributed by atoms with E-state index in [0.717, 1.165) is 37.0 Å². The van der Waals surface area contributed by atoms with Gasteiger partial charge in [-0.2, -0.15) is 13.2 Å². The topological polar surface area (TPSA) is 91.5 Å². The van der Waals surface area contributed by atoms with Gasteiger partial charge in [-0.3, -0.25) is 14.4 Å². The number of benzene rings is 1. The van der Waals surface area contributed by atoms with E-state index < -0.39 is 36.9 Å². The Hall–Kier alpha value is -3.04. The standard InChI is InChI=1S/C22H26F3N3O4/c1-32-15-7-8-16-17(10-26-18(16)9-15)20(30)21(31)28(11-14-5-3-2-4-6-14)12-19(29)27-13-22(23,24)25/h7-10,14,26H,2-6,11-13H2,1H3,(H,27,29). The van der Waals surface area contributed by atoms with Gasteiger partial charge in [0.15, 0.2) is 0 Å². The Morgan fingerprint density at radius 3 is 2.56 bits per heavy atom. The highest BCUT2D eigenvalue weighted by Crippen LogP contribution is 2.26. The van der Waals surface area contributed by atoms with E-state index >= 15 is 0 Å². The summed E-state index contributed by atoms with van der Waals surface area (Å²) in [4.78, 5) is 42.2. The zero-order valence-corrected chi connectivity index (χ0v) is 17.8. The fourth-order valence-corrected chi connectivity index (χ4v) is 4.01. The molecule has 0 bridgehead atoms. The number of fused-ring (bicyclic) bond motifs is 1. The Kier molecular flexibility index (Phi) is 7.42. The number of ether oxygens (including phenoxy) is 1. The van der Waals surface area contributed by atoms with Crippen LogP contribution in [-0.2, 0) is 9.59 Å². The maximum absolute atomic E-state index is 13.1. The quantitative estimate of drug-likeness (QED) is 0.473. The summed E-state index contributed by atoms with van der Waals surface area (Å²) in [6.07, 6.45) is 1.57. The molecule has 0 radical (unpaired) electrons. The molecule has 1 heterocycles. The van der Waals surface area contributed by atoms with Crippen molar-refractivity contribution >= 4 is 28.5 Å². The van der Waals surface area contributed by atoms with Crippen molar-refractivity contribution in [3.05, 3.63) is 30.0 Å². The Labute approximate surface area is 183 Å². The molecule has 174 valence electrons. The van der Waals surface area contributed by atoms with Crippen LogP contribution in [0.1, 0.15) is 42.5 Å². The summed E-state index contributed by atoms with van der Waals surface area (Å²) in [5.74, 6) is -2.01. The highest BCUT2D eigenvalue weighted by Gasteiger charge is 2.31. The molecule has 0 atom stereocenters. The number of alkyl halides is 3. The number of aromatic nitrogens is 1. The van der Waals surface area contributed by atoms with Crippen molar-refractivity contribution in [1.82, 2.24) is 15.2 Å². The SMILES string of the molecule is COc1ccc2c(C(=O)C(=O)N(CC(=O)NCC(F)(F)F)CC3CCCCC3)c[nH]c2c1. The number of methoxy groups -OCH3 is 1. The van der Waals surface area contributed by atoms with Gasteiger partial charge in [-0.05, 0) is 30.9 Å². The number of H-pyrrole nitrogens is 1. The van der Waals surface area contributed by atoms with E-state index in [1.54, 1.807) is 23.5 Å². The molecule has 1 fully saturated rings. The van der Waals surface area contributed by atoms with Gasteiger partial charge in [-0.25, -0.2) is 0 Å². The third-order valence-electron chi connectivity index (χ3n) is 5.64. The normalized spacial score (nSPS) is 14.9. The Balaban J connectivity index is 1.78. The van der Waals surface area contributed by atoms with E-state index in [9.17, 15) is 27.6 Å². The van der Waals surface area contributed by atoms with Crippen molar-refractivity contribution < 1.29 is 32.3 Å². The number of nitrogens with zero attached hydrogens (tertiary/aromatic N) is 1. The summed E-state index contributed by atoms with van der Waals surface area (Å²) in [5.41, 5.74) is 0.735. The van der Waals surface area contributed by atoms with Crippen LogP contribution in [-0.4, -0.2) is 60.4 Å². The van der Waals surface area contributed by atoms with Gasteiger partial charge in [0.2, 0.25) is 5.91 Å². The van der Waals surface area contributed by atoms with Gasteiger partial charge in [-0.15, -0.1) is 0 Å². The maximum atomic E-state index is 13.1. The molecule has 2 amide bonds.